The van der Waals surface area contributed by atoms with E-state index in [4.69, 9.17) is 0 Å². The molecule has 2 heteroatoms. The first-order valence-corrected chi connectivity index (χ1v) is 15.6. The molecular formula is C42H34N2. The summed E-state index contributed by atoms with van der Waals surface area (Å²) in [6, 6.07) is 49.5. The van der Waals surface area contributed by atoms with E-state index >= 15 is 0 Å². The first kappa shape index (κ1) is 25.4. The van der Waals surface area contributed by atoms with Crippen LogP contribution < -0.4 is 4.90 Å². The summed E-state index contributed by atoms with van der Waals surface area (Å²) in [5.41, 5.74) is 15.3. The molecule has 0 bridgehead atoms. The third kappa shape index (κ3) is 3.26. The molecule has 0 atom stereocenters. The van der Waals surface area contributed by atoms with Crippen molar-refractivity contribution in [2.45, 2.75) is 38.5 Å². The quantitative estimate of drug-likeness (QED) is 0.202. The highest BCUT2D eigenvalue weighted by molar-refractivity contribution is 6.11. The number of para-hydroxylation sites is 3. The number of anilines is 3. The molecule has 2 aliphatic rings. The monoisotopic (exact) mass is 566 g/mol. The van der Waals surface area contributed by atoms with E-state index in [0.29, 0.717) is 0 Å². The topological polar surface area (TPSA) is 8.17 Å². The Labute approximate surface area is 258 Å². The number of fused-ring (bicyclic) bond motifs is 8. The molecule has 44 heavy (non-hydrogen) atoms. The van der Waals surface area contributed by atoms with Crippen molar-refractivity contribution in [1.82, 2.24) is 4.57 Å². The fourth-order valence-electron chi connectivity index (χ4n) is 8.13. The van der Waals surface area contributed by atoms with Gasteiger partial charge in [0.1, 0.15) is 0 Å². The molecule has 7 aromatic rings. The normalized spacial score (nSPS) is 15.6. The van der Waals surface area contributed by atoms with Crippen LogP contribution in [0.1, 0.15) is 49.9 Å². The Kier molecular flexibility index (Phi) is 5.05. The molecule has 0 fully saturated rings. The molecule has 9 rings (SSSR count). The van der Waals surface area contributed by atoms with E-state index in [1.165, 1.54) is 77.9 Å². The molecule has 0 spiro atoms. The number of hydrogen-bond acceptors (Lipinski definition) is 1. The summed E-state index contributed by atoms with van der Waals surface area (Å²) < 4.78 is 2.49. The van der Waals surface area contributed by atoms with Crippen molar-refractivity contribution in [3.05, 3.63) is 156 Å². The van der Waals surface area contributed by atoms with Gasteiger partial charge in [-0.1, -0.05) is 113 Å². The first-order chi connectivity index (χ1) is 21.4. The van der Waals surface area contributed by atoms with Crippen molar-refractivity contribution >= 4 is 38.9 Å². The Balaban J connectivity index is 1.35. The van der Waals surface area contributed by atoms with Gasteiger partial charge in [0.25, 0.3) is 0 Å². The van der Waals surface area contributed by atoms with Crippen molar-refractivity contribution in [2.24, 2.45) is 0 Å². The molecule has 212 valence electrons. The summed E-state index contributed by atoms with van der Waals surface area (Å²) in [6.07, 6.45) is 0. The smallest absolute Gasteiger partial charge is 0.0545 e. The molecular weight excluding hydrogens is 532 g/mol. The lowest BCUT2D eigenvalue weighted by molar-refractivity contribution is 0.632. The molecule has 1 aliphatic heterocycles. The summed E-state index contributed by atoms with van der Waals surface area (Å²) in [5, 5.41) is 2.55. The molecule has 0 N–H and O–H groups in total. The molecule has 1 aliphatic carbocycles. The highest BCUT2D eigenvalue weighted by Crippen LogP contribution is 2.54. The second-order valence-electron chi connectivity index (χ2n) is 13.5. The Morgan fingerprint density at radius 1 is 0.409 bits per heavy atom. The Morgan fingerprint density at radius 2 is 1.07 bits per heavy atom. The van der Waals surface area contributed by atoms with Gasteiger partial charge in [-0.15, -0.1) is 0 Å². The molecule has 0 unspecified atom stereocenters. The van der Waals surface area contributed by atoms with Crippen LogP contribution >= 0.6 is 0 Å². The van der Waals surface area contributed by atoms with Crippen molar-refractivity contribution in [3.8, 4) is 16.8 Å². The van der Waals surface area contributed by atoms with Crippen molar-refractivity contribution in [1.29, 1.82) is 0 Å². The summed E-state index contributed by atoms with van der Waals surface area (Å²) in [6.45, 7) is 9.48. The van der Waals surface area contributed by atoms with E-state index < -0.39 is 0 Å². The summed E-state index contributed by atoms with van der Waals surface area (Å²) in [4.78, 5) is 2.45. The van der Waals surface area contributed by atoms with Gasteiger partial charge >= 0.3 is 0 Å². The molecule has 0 radical (unpaired) electrons. The van der Waals surface area contributed by atoms with Crippen molar-refractivity contribution in [2.75, 3.05) is 4.90 Å². The van der Waals surface area contributed by atoms with Gasteiger partial charge in [0.2, 0.25) is 0 Å². The van der Waals surface area contributed by atoms with Gasteiger partial charge in [-0.25, -0.2) is 0 Å². The van der Waals surface area contributed by atoms with Crippen LogP contribution in [0.2, 0.25) is 0 Å². The van der Waals surface area contributed by atoms with Crippen LogP contribution in [-0.2, 0) is 10.8 Å². The highest BCUT2D eigenvalue weighted by Gasteiger charge is 2.38. The minimum Gasteiger partial charge on any atom is -0.310 e. The van der Waals surface area contributed by atoms with Crippen LogP contribution in [-0.4, -0.2) is 4.57 Å². The molecule has 0 saturated carbocycles. The lowest BCUT2D eigenvalue weighted by Gasteiger charge is -2.42. The fourth-order valence-corrected chi connectivity index (χ4v) is 8.13. The zero-order valence-electron chi connectivity index (χ0n) is 25.6. The standard InChI is InChI=1S/C42H34N2/c1-41(2)33-18-10-8-16-29(33)30-23-22-28(24-35(30)41)44-37-20-12-9-17-31(37)32-25-40-36(26-39(32)44)42(3,4)34-19-11-13-21-38(34)43(40)27-14-6-5-7-15-27/h5-26H,1-4H3. The first-order valence-electron chi connectivity index (χ1n) is 15.6. The SMILES string of the molecule is CC1(C)c2ccccc2-c2ccc(-n3c4ccccc4c4cc5c(cc43)C(C)(C)c3ccccc3N5c3ccccc3)cc21. The number of rotatable bonds is 2. The zero-order chi connectivity index (χ0) is 29.8. The van der Waals surface area contributed by atoms with Gasteiger partial charge < -0.3 is 9.47 Å². The number of hydrogen-bond donors (Lipinski definition) is 0. The zero-order valence-corrected chi connectivity index (χ0v) is 25.6. The van der Waals surface area contributed by atoms with Crippen LogP contribution in [0.4, 0.5) is 17.1 Å². The number of nitrogens with zero attached hydrogens (tertiary/aromatic N) is 2. The molecule has 0 amide bonds. The number of benzene rings is 6. The molecule has 1 aromatic heterocycles. The Morgan fingerprint density at radius 3 is 1.91 bits per heavy atom. The average molecular weight is 567 g/mol. The van der Waals surface area contributed by atoms with Crippen molar-refractivity contribution < 1.29 is 0 Å². The van der Waals surface area contributed by atoms with E-state index in [1.54, 1.807) is 0 Å². The van der Waals surface area contributed by atoms with Crippen LogP contribution in [0.15, 0.2) is 133 Å². The third-order valence-electron chi connectivity index (χ3n) is 10.4. The predicted octanol–water partition coefficient (Wildman–Crippen LogP) is 11.2. The predicted molar refractivity (Wildman–Crippen MR) is 185 cm³/mol. The number of aromatic nitrogens is 1. The van der Waals surface area contributed by atoms with Crippen LogP contribution in [0.3, 0.4) is 0 Å². The largest absolute Gasteiger partial charge is 0.310 e. The van der Waals surface area contributed by atoms with E-state index in [0.717, 1.165) is 0 Å². The van der Waals surface area contributed by atoms with E-state index in [-0.39, 0.29) is 10.8 Å². The van der Waals surface area contributed by atoms with Crippen LogP contribution in [0.25, 0.3) is 38.6 Å². The Bertz CT molecular complexity index is 2280. The van der Waals surface area contributed by atoms with Crippen LogP contribution in [0.5, 0.6) is 0 Å². The van der Waals surface area contributed by atoms with E-state index in [9.17, 15) is 0 Å². The molecule has 0 saturated heterocycles. The van der Waals surface area contributed by atoms with E-state index in [1.807, 2.05) is 0 Å². The maximum atomic E-state index is 2.49. The van der Waals surface area contributed by atoms with Gasteiger partial charge in [0.15, 0.2) is 0 Å². The molecule has 2 heterocycles. The summed E-state index contributed by atoms with van der Waals surface area (Å²) >= 11 is 0. The second-order valence-corrected chi connectivity index (χ2v) is 13.5. The van der Waals surface area contributed by atoms with Crippen molar-refractivity contribution in [3.63, 3.8) is 0 Å². The second kappa shape index (κ2) is 8.74. The van der Waals surface area contributed by atoms with Gasteiger partial charge in [0.05, 0.1) is 22.4 Å². The minimum absolute atomic E-state index is 0.0538. The Hall–Kier alpha value is -5.08. The lowest BCUT2D eigenvalue weighted by Crippen LogP contribution is -2.30. The summed E-state index contributed by atoms with van der Waals surface area (Å²) in [5.74, 6) is 0. The summed E-state index contributed by atoms with van der Waals surface area (Å²) in [7, 11) is 0. The van der Waals surface area contributed by atoms with Gasteiger partial charge in [-0.3, -0.25) is 0 Å². The third-order valence-corrected chi connectivity index (χ3v) is 10.4. The van der Waals surface area contributed by atoms with Gasteiger partial charge in [0, 0.05) is 33.0 Å². The van der Waals surface area contributed by atoms with E-state index in [2.05, 4.69) is 171 Å². The lowest BCUT2D eigenvalue weighted by atomic mass is 9.73. The van der Waals surface area contributed by atoms with Crippen LogP contribution in [0, 0.1) is 0 Å². The average Bonchev–Trinajstić information content (AvgIpc) is 3.49. The fraction of sp³-hybridized carbons (Fsp3) is 0.143. The maximum absolute atomic E-state index is 2.49. The minimum atomic E-state index is -0.172. The highest BCUT2D eigenvalue weighted by atomic mass is 15.2. The maximum Gasteiger partial charge on any atom is 0.0545 e. The molecule has 2 nitrogen and oxygen atoms in total. The van der Waals surface area contributed by atoms with Gasteiger partial charge in [-0.05, 0) is 81.9 Å². The molecule has 6 aromatic carbocycles. The van der Waals surface area contributed by atoms with Gasteiger partial charge in [-0.2, -0.15) is 0 Å².